The number of ether oxygens (including phenoxy) is 1. The molecule has 31 heavy (non-hydrogen) atoms. The number of nitrogens with zero attached hydrogens (tertiary/aromatic N) is 3. The van der Waals surface area contributed by atoms with Crippen molar-refractivity contribution in [3.8, 4) is 11.6 Å². The van der Waals surface area contributed by atoms with Crippen LogP contribution in [-0.2, 0) is 11.2 Å². The topological polar surface area (TPSA) is 101 Å². The van der Waals surface area contributed by atoms with Crippen LogP contribution in [0.15, 0.2) is 47.4 Å². The number of anilines is 1. The molecule has 0 bridgehead atoms. The number of fused-ring (bicyclic) bond motifs is 1. The number of H-pyrrole nitrogens is 1. The maximum Gasteiger partial charge on any atom is 0.266 e. The highest BCUT2D eigenvalue weighted by Crippen LogP contribution is 2.23. The van der Waals surface area contributed by atoms with Gasteiger partial charge in [0, 0.05) is 29.1 Å². The Balaban J connectivity index is 1.45. The number of hydrogen-bond donors (Lipinski definition) is 2. The highest BCUT2D eigenvalue weighted by molar-refractivity contribution is 5.92. The van der Waals surface area contributed by atoms with Crippen LogP contribution >= 0.6 is 0 Å². The van der Waals surface area contributed by atoms with E-state index in [0.717, 1.165) is 16.8 Å². The molecular formula is C23H23N5O3. The van der Waals surface area contributed by atoms with Gasteiger partial charge in [0.05, 0.1) is 18.3 Å². The summed E-state index contributed by atoms with van der Waals surface area (Å²) in [6.07, 6.45) is 1.68. The van der Waals surface area contributed by atoms with E-state index in [1.165, 1.54) is 11.6 Å². The average molecular weight is 417 g/mol. The van der Waals surface area contributed by atoms with Crippen molar-refractivity contribution in [1.29, 1.82) is 0 Å². The van der Waals surface area contributed by atoms with Crippen molar-refractivity contribution < 1.29 is 9.53 Å². The monoisotopic (exact) mass is 417 g/mol. The molecule has 3 heterocycles. The molecule has 1 amide bonds. The van der Waals surface area contributed by atoms with E-state index in [1.807, 2.05) is 45.9 Å². The first-order valence-corrected chi connectivity index (χ1v) is 9.89. The van der Waals surface area contributed by atoms with E-state index in [9.17, 15) is 9.59 Å². The molecule has 4 rings (SSSR count). The van der Waals surface area contributed by atoms with Gasteiger partial charge in [0.1, 0.15) is 5.75 Å². The molecular weight excluding hydrogens is 394 g/mol. The fourth-order valence-corrected chi connectivity index (χ4v) is 3.39. The number of benzene rings is 1. The maximum absolute atomic E-state index is 12.6. The highest BCUT2D eigenvalue weighted by Gasteiger charge is 2.14. The van der Waals surface area contributed by atoms with E-state index in [2.05, 4.69) is 20.4 Å². The second-order valence-electron chi connectivity index (χ2n) is 7.53. The molecule has 0 saturated carbocycles. The van der Waals surface area contributed by atoms with E-state index < -0.39 is 0 Å². The van der Waals surface area contributed by atoms with Gasteiger partial charge < -0.3 is 10.1 Å². The third kappa shape index (κ3) is 4.32. The van der Waals surface area contributed by atoms with Crippen molar-refractivity contribution in [1.82, 2.24) is 19.6 Å². The van der Waals surface area contributed by atoms with Crippen LogP contribution in [0.3, 0.4) is 0 Å². The predicted molar refractivity (Wildman–Crippen MR) is 118 cm³/mol. The maximum atomic E-state index is 12.6. The van der Waals surface area contributed by atoms with Crippen LogP contribution in [0, 0.1) is 27.7 Å². The molecule has 0 aliphatic rings. The van der Waals surface area contributed by atoms with Gasteiger partial charge in [-0.25, -0.2) is 14.5 Å². The number of carbonyl (C=O) groups excluding carboxylic acids is 1. The fraction of sp³-hybridized carbons (Fsp3) is 0.217. The molecule has 1 aromatic carbocycles. The van der Waals surface area contributed by atoms with Crippen molar-refractivity contribution in [2.45, 2.75) is 34.1 Å². The number of carbonyl (C=O) groups is 1. The molecule has 0 aliphatic carbocycles. The van der Waals surface area contributed by atoms with Gasteiger partial charge in [-0.3, -0.25) is 14.7 Å². The number of aromatic nitrogens is 4. The zero-order valence-electron chi connectivity index (χ0n) is 17.8. The van der Waals surface area contributed by atoms with Crippen LogP contribution in [0.25, 0.3) is 5.65 Å². The minimum absolute atomic E-state index is 0.127. The highest BCUT2D eigenvalue weighted by atomic mass is 16.5. The summed E-state index contributed by atoms with van der Waals surface area (Å²) >= 11 is 0. The normalized spacial score (nSPS) is 11.0. The first-order valence-electron chi connectivity index (χ1n) is 9.89. The van der Waals surface area contributed by atoms with Crippen LogP contribution in [0.4, 0.5) is 5.69 Å². The largest absolute Gasteiger partial charge is 0.439 e. The molecule has 3 aromatic heterocycles. The van der Waals surface area contributed by atoms with Crippen molar-refractivity contribution in [3.05, 3.63) is 81.0 Å². The first kappa shape index (κ1) is 20.3. The Morgan fingerprint density at radius 3 is 2.61 bits per heavy atom. The molecule has 0 unspecified atom stereocenters. The van der Waals surface area contributed by atoms with Gasteiger partial charge in [-0.2, -0.15) is 0 Å². The quantitative estimate of drug-likeness (QED) is 0.516. The van der Waals surface area contributed by atoms with E-state index in [-0.39, 0.29) is 17.9 Å². The molecule has 8 heteroatoms. The van der Waals surface area contributed by atoms with Crippen molar-refractivity contribution >= 4 is 17.2 Å². The SMILES string of the molecule is Cc1ccc(Oc2ccc(NC(=O)Cc3c(C)nc4cc(=O)[nH]n4c3C)cn2)cc1C. The van der Waals surface area contributed by atoms with E-state index in [0.29, 0.717) is 28.7 Å². The smallest absolute Gasteiger partial charge is 0.266 e. The molecule has 8 nitrogen and oxygen atoms in total. The summed E-state index contributed by atoms with van der Waals surface area (Å²) in [7, 11) is 0. The van der Waals surface area contributed by atoms with Crippen molar-refractivity contribution in [2.24, 2.45) is 0 Å². The molecule has 0 spiro atoms. The van der Waals surface area contributed by atoms with Gasteiger partial charge in [-0.05, 0) is 57.0 Å². The minimum Gasteiger partial charge on any atom is -0.439 e. The third-order valence-electron chi connectivity index (χ3n) is 5.26. The number of amides is 1. The Bertz CT molecular complexity index is 1340. The van der Waals surface area contributed by atoms with Crippen molar-refractivity contribution in [3.63, 3.8) is 0 Å². The molecule has 158 valence electrons. The van der Waals surface area contributed by atoms with E-state index >= 15 is 0 Å². The summed E-state index contributed by atoms with van der Waals surface area (Å²) in [6.45, 7) is 7.75. The molecule has 0 radical (unpaired) electrons. The zero-order valence-corrected chi connectivity index (χ0v) is 17.8. The average Bonchev–Trinajstić information content (AvgIpc) is 3.10. The number of nitrogens with one attached hydrogen (secondary N) is 2. The van der Waals surface area contributed by atoms with Gasteiger partial charge in [0.2, 0.25) is 11.8 Å². The molecule has 4 aromatic rings. The summed E-state index contributed by atoms with van der Waals surface area (Å²) in [6, 6.07) is 10.7. The van der Waals surface area contributed by atoms with Gasteiger partial charge in [-0.1, -0.05) is 6.07 Å². The predicted octanol–water partition coefficient (Wildman–Crippen LogP) is 3.62. The van der Waals surface area contributed by atoms with Gasteiger partial charge >= 0.3 is 0 Å². The second kappa shape index (κ2) is 8.06. The zero-order chi connectivity index (χ0) is 22.1. The summed E-state index contributed by atoms with van der Waals surface area (Å²) < 4.78 is 7.38. The molecule has 2 N–H and O–H groups in total. The lowest BCUT2D eigenvalue weighted by molar-refractivity contribution is -0.115. The lowest BCUT2D eigenvalue weighted by Gasteiger charge is -2.12. The lowest BCUT2D eigenvalue weighted by Crippen LogP contribution is -2.18. The molecule has 0 aliphatic heterocycles. The Hall–Kier alpha value is -3.94. The molecule has 0 saturated heterocycles. The van der Waals surface area contributed by atoms with Crippen LogP contribution in [-0.4, -0.2) is 25.5 Å². The number of pyridine rings is 1. The Kier molecular flexibility index (Phi) is 5.29. The Morgan fingerprint density at radius 1 is 1.10 bits per heavy atom. The van der Waals surface area contributed by atoms with Crippen molar-refractivity contribution in [2.75, 3.05) is 5.32 Å². The summed E-state index contributed by atoms with van der Waals surface area (Å²) in [5, 5.41) is 5.53. The Morgan fingerprint density at radius 2 is 1.90 bits per heavy atom. The van der Waals surface area contributed by atoms with Gasteiger partial charge in [0.15, 0.2) is 5.65 Å². The van der Waals surface area contributed by atoms with E-state index in [1.54, 1.807) is 22.8 Å². The first-order chi connectivity index (χ1) is 14.8. The number of aryl methyl sites for hydroxylation is 4. The third-order valence-corrected chi connectivity index (χ3v) is 5.26. The fourth-order valence-electron chi connectivity index (χ4n) is 3.39. The summed E-state index contributed by atoms with van der Waals surface area (Å²) in [5.41, 5.74) is 5.45. The van der Waals surface area contributed by atoms with Gasteiger partial charge in [-0.15, -0.1) is 0 Å². The number of aromatic amines is 1. The Labute approximate surface area is 178 Å². The lowest BCUT2D eigenvalue weighted by atomic mass is 10.1. The van der Waals surface area contributed by atoms with Crippen LogP contribution in [0.5, 0.6) is 11.6 Å². The van der Waals surface area contributed by atoms with Gasteiger partial charge in [0.25, 0.3) is 5.56 Å². The summed E-state index contributed by atoms with van der Waals surface area (Å²) in [4.78, 5) is 32.9. The minimum atomic E-state index is -0.231. The van der Waals surface area contributed by atoms with E-state index in [4.69, 9.17) is 4.74 Å². The standard InChI is InChI=1S/C23H23N5O3/c1-13-5-7-18(9-14(13)2)31-23-8-6-17(12-24-23)26-21(29)10-19-15(3)25-20-11-22(30)27-28(20)16(19)4/h5-9,11-12H,10H2,1-4H3,(H,26,29)(H,27,30). The summed E-state index contributed by atoms with van der Waals surface area (Å²) in [5.74, 6) is 0.954. The number of hydrogen-bond acceptors (Lipinski definition) is 5. The number of rotatable bonds is 5. The molecule has 0 atom stereocenters. The second-order valence-corrected chi connectivity index (χ2v) is 7.53. The van der Waals surface area contributed by atoms with Crippen LogP contribution in [0.1, 0.15) is 28.1 Å². The van der Waals surface area contributed by atoms with Crippen LogP contribution < -0.4 is 15.6 Å². The molecule has 0 fully saturated rings. The van der Waals surface area contributed by atoms with Crippen LogP contribution in [0.2, 0.25) is 0 Å².